The first-order valence-corrected chi connectivity index (χ1v) is 6.69. The Morgan fingerprint density at radius 1 is 1.50 bits per heavy atom. The second-order valence-corrected chi connectivity index (χ2v) is 4.66. The number of nitrogens with one attached hydrogen (secondary N) is 1. The SMILES string of the molecule is CNC(=O)CCN(C)C(=O)c1cnn(CCCN)c1C. The predicted molar refractivity (Wildman–Crippen MR) is 76.3 cm³/mol. The van der Waals surface area contributed by atoms with Crippen molar-refractivity contribution < 1.29 is 9.59 Å². The molecule has 0 saturated heterocycles. The van der Waals surface area contributed by atoms with Crippen LogP contribution in [0.5, 0.6) is 0 Å². The Morgan fingerprint density at radius 2 is 2.20 bits per heavy atom. The highest BCUT2D eigenvalue weighted by atomic mass is 16.2. The van der Waals surface area contributed by atoms with E-state index in [1.807, 2.05) is 6.92 Å². The molecule has 1 aromatic rings. The number of carbonyl (C=O) groups is 2. The fourth-order valence-corrected chi connectivity index (χ4v) is 1.82. The number of rotatable bonds is 7. The summed E-state index contributed by atoms with van der Waals surface area (Å²) in [5.41, 5.74) is 6.87. The number of nitrogens with zero attached hydrogens (tertiary/aromatic N) is 3. The number of carbonyl (C=O) groups excluding carboxylic acids is 2. The van der Waals surface area contributed by atoms with Gasteiger partial charge >= 0.3 is 0 Å². The highest BCUT2D eigenvalue weighted by Gasteiger charge is 2.18. The lowest BCUT2D eigenvalue weighted by Crippen LogP contribution is -2.31. The summed E-state index contributed by atoms with van der Waals surface area (Å²) in [5.74, 6) is -0.203. The minimum Gasteiger partial charge on any atom is -0.359 e. The van der Waals surface area contributed by atoms with E-state index in [1.165, 1.54) is 4.90 Å². The molecule has 0 atom stereocenters. The Morgan fingerprint density at radius 3 is 2.80 bits per heavy atom. The van der Waals surface area contributed by atoms with Crippen molar-refractivity contribution in [2.24, 2.45) is 5.73 Å². The van der Waals surface area contributed by atoms with Gasteiger partial charge in [0.25, 0.3) is 5.91 Å². The van der Waals surface area contributed by atoms with Crippen LogP contribution >= 0.6 is 0 Å². The van der Waals surface area contributed by atoms with Gasteiger partial charge in [0.15, 0.2) is 0 Å². The number of amides is 2. The van der Waals surface area contributed by atoms with Gasteiger partial charge in [-0.1, -0.05) is 0 Å². The molecule has 1 heterocycles. The molecule has 0 fully saturated rings. The van der Waals surface area contributed by atoms with Gasteiger partial charge in [0.1, 0.15) is 0 Å². The van der Waals surface area contributed by atoms with Gasteiger partial charge in [0, 0.05) is 39.3 Å². The summed E-state index contributed by atoms with van der Waals surface area (Å²) < 4.78 is 1.78. The molecular formula is C13H23N5O2. The maximum absolute atomic E-state index is 12.3. The van der Waals surface area contributed by atoms with Crippen LogP contribution in [0.1, 0.15) is 28.9 Å². The second-order valence-electron chi connectivity index (χ2n) is 4.66. The van der Waals surface area contributed by atoms with E-state index in [0.717, 1.165) is 12.1 Å². The van der Waals surface area contributed by atoms with Crippen LogP contribution in [0.15, 0.2) is 6.20 Å². The molecule has 7 heteroatoms. The summed E-state index contributed by atoms with van der Waals surface area (Å²) in [6.07, 6.45) is 2.69. The Bertz CT molecular complexity index is 469. The first kappa shape index (κ1) is 16.2. The van der Waals surface area contributed by atoms with Crippen molar-refractivity contribution in [1.82, 2.24) is 20.0 Å². The minimum atomic E-state index is -0.120. The maximum Gasteiger partial charge on any atom is 0.257 e. The molecule has 7 nitrogen and oxygen atoms in total. The van der Waals surface area contributed by atoms with E-state index in [0.29, 0.717) is 31.6 Å². The maximum atomic E-state index is 12.3. The van der Waals surface area contributed by atoms with Crippen LogP contribution in [-0.4, -0.2) is 53.7 Å². The molecule has 1 aromatic heterocycles. The van der Waals surface area contributed by atoms with Gasteiger partial charge in [-0.05, 0) is 19.9 Å². The molecule has 1 rings (SSSR count). The molecule has 0 radical (unpaired) electrons. The molecule has 3 N–H and O–H groups in total. The molecule has 0 aliphatic carbocycles. The van der Waals surface area contributed by atoms with Crippen molar-refractivity contribution in [2.45, 2.75) is 26.3 Å². The summed E-state index contributed by atoms with van der Waals surface area (Å²) in [6, 6.07) is 0. The average Bonchev–Trinajstić information content (AvgIpc) is 2.82. The standard InChI is InChI=1S/C13H23N5O2/c1-10-11(9-16-18(10)7-4-6-14)13(20)17(3)8-5-12(19)15-2/h9H,4-8,14H2,1-3H3,(H,15,19). The molecule has 0 aliphatic heterocycles. The van der Waals surface area contributed by atoms with Crippen molar-refractivity contribution in [1.29, 1.82) is 0 Å². The summed E-state index contributed by atoms with van der Waals surface area (Å²) in [4.78, 5) is 25.0. The first-order valence-electron chi connectivity index (χ1n) is 6.69. The lowest BCUT2D eigenvalue weighted by molar-refractivity contribution is -0.120. The zero-order chi connectivity index (χ0) is 15.1. The van der Waals surface area contributed by atoms with E-state index in [4.69, 9.17) is 5.73 Å². The highest BCUT2D eigenvalue weighted by molar-refractivity contribution is 5.95. The van der Waals surface area contributed by atoms with Crippen molar-refractivity contribution >= 4 is 11.8 Å². The quantitative estimate of drug-likeness (QED) is 0.720. The number of hydrogen-bond acceptors (Lipinski definition) is 4. The summed E-state index contributed by atoms with van der Waals surface area (Å²) >= 11 is 0. The van der Waals surface area contributed by atoms with Crippen LogP contribution in [-0.2, 0) is 11.3 Å². The molecule has 112 valence electrons. The second kappa shape index (κ2) is 7.64. The number of nitrogens with two attached hydrogens (primary N) is 1. The largest absolute Gasteiger partial charge is 0.359 e. The van der Waals surface area contributed by atoms with E-state index in [2.05, 4.69) is 10.4 Å². The van der Waals surface area contributed by atoms with Crippen LogP contribution < -0.4 is 11.1 Å². The minimum absolute atomic E-state index is 0.0833. The van der Waals surface area contributed by atoms with Crippen LogP contribution in [0.25, 0.3) is 0 Å². The third-order valence-electron chi connectivity index (χ3n) is 3.21. The first-order chi connectivity index (χ1) is 9.51. The van der Waals surface area contributed by atoms with Crippen LogP contribution in [0, 0.1) is 6.92 Å². The van der Waals surface area contributed by atoms with Crippen molar-refractivity contribution in [3.63, 3.8) is 0 Å². The van der Waals surface area contributed by atoms with E-state index in [-0.39, 0.29) is 11.8 Å². The van der Waals surface area contributed by atoms with Gasteiger partial charge in [0.05, 0.1) is 11.8 Å². The third-order valence-corrected chi connectivity index (χ3v) is 3.21. The molecule has 0 bridgehead atoms. The monoisotopic (exact) mass is 281 g/mol. The Labute approximate surface area is 119 Å². The van der Waals surface area contributed by atoms with Crippen molar-refractivity contribution in [2.75, 3.05) is 27.2 Å². The van der Waals surface area contributed by atoms with Gasteiger partial charge in [0.2, 0.25) is 5.91 Å². The molecule has 0 spiro atoms. The van der Waals surface area contributed by atoms with Gasteiger partial charge in [-0.15, -0.1) is 0 Å². The molecule has 0 unspecified atom stereocenters. The topological polar surface area (TPSA) is 93.2 Å². The zero-order valence-corrected chi connectivity index (χ0v) is 12.3. The van der Waals surface area contributed by atoms with Crippen molar-refractivity contribution in [3.8, 4) is 0 Å². The van der Waals surface area contributed by atoms with Gasteiger partial charge in [-0.2, -0.15) is 5.10 Å². The fraction of sp³-hybridized carbons (Fsp3) is 0.615. The van der Waals surface area contributed by atoms with Crippen LogP contribution in [0.2, 0.25) is 0 Å². The lowest BCUT2D eigenvalue weighted by atomic mass is 10.2. The summed E-state index contributed by atoms with van der Waals surface area (Å²) in [7, 11) is 3.26. The lowest BCUT2D eigenvalue weighted by Gasteiger charge is -2.16. The van der Waals surface area contributed by atoms with E-state index in [1.54, 1.807) is 25.0 Å². The molecular weight excluding hydrogens is 258 g/mol. The normalized spacial score (nSPS) is 10.4. The number of hydrogen-bond donors (Lipinski definition) is 2. The van der Waals surface area contributed by atoms with Gasteiger partial charge < -0.3 is 16.0 Å². The number of aromatic nitrogens is 2. The highest BCUT2D eigenvalue weighted by Crippen LogP contribution is 2.10. The van der Waals surface area contributed by atoms with Crippen LogP contribution in [0.3, 0.4) is 0 Å². The average molecular weight is 281 g/mol. The smallest absolute Gasteiger partial charge is 0.257 e. The Kier molecular flexibility index (Phi) is 6.17. The zero-order valence-electron chi connectivity index (χ0n) is 12.3. The van der Waals surface area contributed by atoms with E-state index < -0.39 is 0 Å². The van der Waals surface area contributed by atoms with E-state index in [9.17, 15) is 9.59 Å². The van der Waals surface area contributed by atoms with Gasteiger partial charge in [-0.25, -0.2) is 0 Å². The van der Waals surface area contributed by atoms with Crippen molar-refractivity contribution in [3.05, 3.63) is 17.5 Å². The molecule has 0 saturated carbocycles. The fourth-order valence-electron chi connectivity index (χ4n) is 1.82. The molecule has 20 heavy (non-hydrogen) atoms. The van der Waals surface area contributed by atoms with Crippen LogP contribution in [0.4, 0.5) is 0 Å². The van der Waals surface area contributed by atoms with E-state index >= 15 is 0 Å². The predicted octanol–water partition coefficient (Wildman–Crippen LogP) is -0.252. The molecule has 0 aromatic carbocycles. The summed E-state index contributed by atoms with van der Waals surface area (Å²) in [5, 5.41) is 6.73. The number of aryl methyl sites for hydroxylation is 1. The van der Waals surface area contributed by atoms with Gasteiger partial charge in [-0.3, -0.25) is 14.3 Å². The Hall–Kier alpha value is -1.89. The Balaban J connectivity index is 2.67. The molecule has 0 aliphatic rings. The third kappa shape index (κ3) is 4.06. The summed E-state index contributed by atoms with van der Waals surface area (Å²) in [6.45, 7) is 3.54. The molecule has 2 amide bonds.